The molecule has 0 spiro atoms. The van der Waals surface area contributed by atoms with Crippen LogP contribution in [0.15, 0.2) is 42.7 Å². The maximum Gasteiger partial charge on any atom is 0.137 e. The van der Waals surface area contributed by atoms with Gasteiger partial charge in [0.15, 0.2) is 0 Å². The number of hydrogen-bond donors (Lipinski definition) is 0. The van der Waals surface area contributed by atoms with Gasteiger partial charge in [0, 0.05) is 38.0 Å². The molecule has 2 aromatic rings. The summed E-state index contributed by atoms with van der Waals surface area (Å²) in [7, 11) is 1.68. The molecule has 0 unspecified atom stereocenters. The lowest BCUT2D eigenvalue weighted by Gasteiger charge is -2.24. The minimum absolute atomic E-state index is 0.0877. The van der Waals surface area contributed by atoms with Crippen LogP contribution in [0.5, 0.6) is 5.75 Å². The van der Waals surface area contributed by atoms with Gasteiger partial charge in [0.25, 0.3) is 0 Å². The molecule has 1 aliphatic rings. The lowest BCUT2D eigenvalue weighted by molar-refractivity contribution is 0.107. The van der Waals surface area contributed by atoms with E-state index in [-0.39, 0.29) is 18.0 Å². The van der Waals surface area contributed by atoms with Crippen molar-refractivity contribution < 1.29 is 13.9 Å². The molecule has 1 aromatic carbocycles. The maximum absolute atomic E-state index is 14.1. The van der Waals surface area contributed by atoms with Crippen molar-refractivity contribution in [3.05, 3.63) is 59.7 Å². The van der Waals surface area contributed by atoms with E-state index in [2.05, 4.69) is 16.0 Å². The summed E-state index contributed by atoms with van der Waals surface area (Å²) >= 11 is 0. The van der Waals surface area contributed by atoms with Crippen molar-refractivity contribution in [3.63, 3.8) is 0 Å². The molecule has 5 nitrogen and oxygen atoms in total. The van der Waals surface area contributed by atoms with Crippen LogP contribution in [0.2, 0.25) is 0 Å². The molecule has 6 heteroatoms. The third-order valence-electron chi connectivity index (χ3n) is 4.45. The summed E-state index contributed by atoms with van der Waals surface area (Å²) in [6.45, 7) is 1.60. The van der Waals surface area contributed by atoms with E-state index in [1.165, 1.54) is 12.1 Å². The Hall–Kier alpha value is -2.49. The lowest BCUT2D eigenvalue weighted by atomic mass is 10.1. The number of aromatic nitrogens is 1. The van der Waals surface area contributed by atoms with E-state index in [1.54, 1.807) is 25.6 Å². The molecule has 0 radical (unpaired) electrons. The third-order valence-corrected chi connectivity index (χ3v) is 4.45. The molecule has 1 aliphatic heterocycles. The maximum atomic E-state index is 14.1. The van der Waals surface area contributed by atoms with Crippen molar-refractivity contribution in [3.8, 4) is 11.8 Å². The Balaban J connectivity index is 1.70. The van der Waals surface area contributed by atoms with E-state index >= 15 is 0 Å². The van der Waals surface area contributed by atoms with Crippen molar-refractivity contribution in [2.45, 2.75) is 25.1 Å². The van der Waals surface area contributed by atoms with Gasteiger partial charge in [-0.25, -0.2) is 4.39 Å². The fourth-order valence-electron chi connectivity index (χ4n) is 3.08. The van der Waals surface area contributed by atoms with Gasteiger partial charge in [0.2, 0.25) is 0 Å². The number of halogens is 1. The molecule has 0 bridgehead atoms. The molecule has 1 saturated heterocycles. The zero-order chi connectivity index (χ0) is 17.6. The van der Waals surface area contributed by atoms with E-state index < -0.39 is 0 Å². The summed E-state index contributed by atoms with van der Waals surface area (Å²) in [6, 6.07) is 10.3. The average Bonchev–Trinajstić information content (AvgIpc) is 3.04. The molecule has 25 heavy (non-hydrogen) atoms. The summed E-state index contributed by atoms with van der Waals surface area (Å²) in [5, 5.41) is 9.02. The van der Waals surface area contributed by atoms with E-state index in [0.29, 0.717) is 36.6 Å². The van der Waals surface area contributed by atoms with Crippen LogP contribution in [0.25, 0.3) is 0 Å². The molecule has 2 atom stereocenters. The van der Waals surface area contributed by atoms with Crippen LogP contribution in [0.1, 0.15) is 17.5 Å². The molecule has 0 aliphatic carbocycles. The quantitative estimate of drug-likeness (QED) is 0.809. The van der Waals surface area contributed by atoms with Gasteiger partial charge < -0.3 is 9.47 Å². The monoisotopic (exact) mass is 341 g/mol. The van der Waals surface area contributed by atoms with Crippen LogP contribution >= 0.6 is 0 Å². The average molecular weight is 341 g/mol. The number of pyridine rings is 1. The Labute approximate surface area is 146 Å². The first-order valence-electron chi connectivity index (χ1n) is 8.17. The molecular formula is C19H20FN3O2. The van der Waals surface area contributed by atoms with Crippen molar-refractivity contribution in [1.29, 1.82) is 5.26 Å². The zero-order valence-electron chi connectivity index (χ0n) is 14.1. The standard InChI is InChI=1S/C19H20FN3O2/c1-24-18-8-16(13-25-17-3-2-6-22-10-17)23(12-18)11-15-7-14(9-21)4-5-19(15)20/h2-7,10,16,18H,8,11-13H2,1H3/t16-,18+/m0/s1. The highest BCUT2D eigenvalue weighted by molar-refractivity contribution is 5.33. The normalized spacial score (nSPS) is 20.4. The van der Waals surface area contributed by atoms with E-state index in [4.69, 9.17) is 14.7 Å². The van der Waals surface area contributed by atoms with Gasteiger partial charge in [-0.1, -0.05) is 0 Å². The SMILES string of the molecule is CO[C@@H]1C[C@@H](COc2cccnc2)N(Cc2cc(C#N)ccc2F)C1. The minimum Gasteiger partial charge on any atom is -0.490 e. The summed E-state index contributed by atoms with van der Waals surface area (Å²) < 4.78 is 25.4. The predicted octanol–water partition coefficient (Wildman–Crippen LogP) is 2.76. The molecular weight excluding hydrogens is 321 g/mol. The Morgan fingerprint density at radius 1 is 1.40 bits per heavy atom. The topological polar surface area (TPSA) is 58.4 Å². The molecule has 2 heterocycles. The fourth-order valence-corrected chi connectivity index (χ4v) is 3.08. The van der Waals surface area contributed by atoms with E-state index in [0.717, 1.165) is 6.42 Å². The van der Waals surface area contributed by atoms with Gasteiger partial charge in [-0.3, -0.25) is 9.88 Å². The number of nitriles is 1. The van der Waals surface area contributed by atoms with Gasteiger partial charge >= 0.3 is 0 Å². The second-order valence-electron chi connectivity index (χ2n) is 6.09. The van der Waals surface area contributed by atoms with Crippen LogP contribution < -0.4 is 4.74 Å². The Morgan fingerprint density at radius 2 is 2.28 bits per heavy atom. The van der Waals surface area contributed by atoms with Crippen LogP contribution in [-0.4, -0.2) is 42.3 Å². The van der Waals surface area contributed by atoms with Crippen molar-refractivity contribution in [2.24, 2.45) is 0 Å². The number of hydrogen-bond acceptors (Lipinski definition) is 5. The van der Waals surface area contributed by atoms with E-state index in [9.17, 15) is 4.39 Å². The molecule has 1 fully saturated rings. The summed E-state index contributed by atoms with van der Waals surface area (Å²) in [5.74, 6) is 0.410. The first kappa shape index (κ1) is 17.3. The van der Waals surface area contributed by atoms with Crippen molar-refractivity contribution >= 4 is 0 Å². The highest BCUT2D eigenvalue weighted by atomic mass is 19.1. The van der Waals surface area contributed by atoms with Gasteiger partial charge in [-0.2, -0.15) is 5.26 Å². The minimum atomic E-state index is -0.299. The first-order chi connectivity index (χ1) is 12.2. The molecule has 0 N–H and O–H groups in total. The van der Waals surface area contributed by atoms with Gasteiger partial charge in [-0.05, 0) is 36.8 Å². The van der Waals surface area contributed by atoms with Crippen LogP contribution in [0.4, 0.5) is 4.39 Å². The predicted molar refractivity (Wildman–Crippen MR) is 90.5 cm³/mol. The second-order valence-corrected chi connectivity index (χ2v) is 6.09. The van der Waals surface area contributed by atoms with Crippen molar-refractivity contribution in [2.75, 3.05) is 20.3 Å². The van der Waals surface area contributed by atoms with Gasteiger partial charge in [0.05, 0.1) is 23.9 Å². The second kappa shape index (κ2) is 8.06. The lowest BCUT2D eigenvalue weighted by Crippen LogP contribution is -2.34. The van der Waals surface area contributed by atoms with E-state index in [1.807, 2.05) is 12.1 Å². The van der Waals surface area contributed by atoms with Crippen LogP contribution in [-0.2, 0) is 11.3 Å². The Morgan fingerprint density at radius 3 is 3.00 bits per heavy atom. The molecule has 0 amide bonds. The number of rotatable bonds is 6. The molecule has 3 rings (SSSR count). The number of nitrogens with zero attached hydrogens (tertiary/aromatic N) is 3. The molecule has 1 aromatic heterocycles. The number of benzene rings is 1. The Bertz CT molecular complexity index is 748. The molecule has 0 saturated carbocycles. The first-order valence-corrected chi connectivity index (χ1v) is 8.17. The fraction of sp³-hybridized carbons (Fsp3) is 0.368. The highest BCUT2D eigenvalue weighted by Crippen LogP contribution is 2.24. The number of ether oxygens (including phenoxy) is 2. The summed E-state index contributed by atoms with van der Waals surface area (Å²) in [5.41, 5.74) is 0.976. The highest BCUT2D eigenvalue weighted by Gasteiger charge is 2.33. The van der Waals surface area contributed by atoms with Crippen LogP contribution in [0, 0.1) is 17.1 Å². The van der Waals surface area contributed by atoms with Crippen LogP contribution in [0.3, 0.4) is 0 Å². The van der Waals surface area contributed by atoms with Crippen molar-refractivity contribution in [1.82, 2.24) is 9.88 Å². The molecule has 130 valence electrons. The largest absolute Gasteiger partial charge is 0.490 e. The Kier molecular flexibility index (Phi) is 5.59. The summed E-state index contributed by atoms with van der Waals surface area (Å²) in [4.78, 5) is 6.18. The third kappa shape index (κ3) is 4.32. The number of methoxy groups -OCH3 is 1. The van der Waals surface area contributed by atoms with Gasteiger partial charge in [0.1, 0.15) is 18.2 Å². The number of likely N-dealkylation sites (tertiary alicyclic amines) is 1. The summed E-state index contributed by atoms with van der Waals surface area (Å²) in [6.07, 6.45) is 4.27. The van der Waals surface area contributed by atoms with Gasteiger partial charge in [-0.15, -0.1) is 0 Å². The zero-order valence-corrected chi connectivity index (χ0v) is 14.1. The smallest absolute Gasteiger partial charge is 0.137 e.